The molecule has 2 fully saturated rings. The van der Waals surface area contributed by atoms with Crippen LogP contribution in [0.2, 0.25) is 10.0 Å². The highest BCUT2D eigenvalue weighted by Crippen LogP contribution is 2.34. The number of halogens is 2. The van der Waals surface area contributed by atoms with Crippen LogP contribution in [0.5, 0.6) is 5.88 Å². The predicted molar refractivity (Wildman–Crippen MR) is 149 cm³/mol. The number of pyridine rings is 4. The SMILES string of the molecule is O=C(O)c1cn(-c2ccnc(N3CCC3)c2)c2nc(N3CCC[C@@H]3COc3ncccc3Cl)c(Cl)cc2c1=O. The van der Waals surface area contributed by atoms with Gasteiger partial charge in [0.05, 0.1) is 22.1 Å². The zero-order valence-corrected chi connectivity index (χ0v) is 22.3. The first kappa shape index (κ1) is 25.4. The lowest BCUT2D eigenvalue weighted by Gasteiger charge is -2.32. The molecule has 0 bridgehead atoms. The van der Waals surface area contributed by atoms with E-state index in [2.05, 4.69) is 19.8 Å². The van der Waals surface area contributed by atoms with E-state index in [-0.39, 0.29) is 22.0 Å². The number of rotatable bonds is 7. The van der Waals surface area contributed by atoms with Crippen molar-refractivity contribution in [2.24, 2.45) is 0 Å². The first-order valence-corrected chi connectivity index (χ1v) is 13.4. The molecular formula is C27H24Cl2N6O4. The fourth-order valence-corrected chi connectivity index (χ4v) is 5.42. The molecule has 12 heteroatoms. The van der Waals surface area contributed by atoms with E-state index >= 15 is 0 Å². The standard InChI is InChI=1S/C27H24Cl2N6O4/c28-20-5-1-7-31-26(20)39-15-17-4-2-11-34(17)25-21(29)13-18-23(36)19(27(37)38)14-35(24(18)32-25)16-6-8-30-22(12-16)33-9-3-10-33/h1,5-8,12-14,17H,2-4,9-11,15H2,(H,37,38)/t17-/m1/s1. The molecule has 2 saturated heterocycles. The Morgan fingerprint density at radius 2 is 1.92 bits per heavy atom. The Hall–Kier alpha value is -3.89. The molecule has 1 N–H and O–H groups in total. The average Bonchev–Trinajstić information content (AvgIpc) is 3.36. The van der Waals surface area contributed by atoms with Gasteiger partial charge in [0.25, 0.3) is 0 Å². The lowest BCUT2D eigenvalue weighted by molar-refractivity contribution is 0.0695. The van der Waals surface area contributed by atoms with Gasteiger partial charge in [0.2, 0.25) is 11.3 Å². The summed E-state index contributed by atoms with van der Waals surface area (Å²) in [4.78, 5) is 42.8. The van der Waals surface area contributed by atoms with Crippen LogP contribution in [0, 0.1) is 0 Å². The van der Waals surface area contributed by atoms with Gasteiger partial charge in [0.1, 0.15) is 28.8 Å². The minimum absolute atomic E-state index is 0.0528. The van der Waals surface area contributed by atoms with Gasteiger partial charge in [-0.15, -0.1) is 0 Å². The Bertz CT molecular complexity index is 1640. The molecule has 2 aliphatic heterocycles. The average molecular weight is 567 g/mol. The number of carbonyl (C=O) groups is 1. The van der Waals surface area contributed by atoms with Gasteiger partial charge in [-0.25, -0.2) is 19.7 Å². The van der Waals surface area contributed by atoms with Gasteiger partial charge >= 0.3 is 5.97 Å². The summed E-state index contributed by atoms with van der Waals surface area (Å²) in [6.07, 6.45) is 7.43. The van der Waals surface area contributed by atoms with Crippen molar-refractivity contribution >= 4 is 51.8 Å². The highest BCUT2D eigenvalue weighted by atomic mass is 35.5. The second-order valence-corrected chi connectivity index (χ2v) is 10.3. The van der Waals surface area contributed by atoms with E-state index in [1.54, 1.807) is 35.2 Å². The van der Waals surface area contributed by atoms with Gasteiger partial charge < -0.3 is 19.6 Å². The van der Waals surface area contributed by atoms with Crippen LogP contribution < -0.4 is 20.0 Å². The highest BCUT2D eigenvalue weighted by molar-refractivity contribution is 6.33. The lowest BCUT2D eigenvalue weighted by atomic mass is 10.1. The molecular weight excluding hydrogens is 543 g/mol. The van der Waals surface area contributed by atoms with Crippen molar-refractivity contribution in [3.05, 3.63) is 74.8 Å². The van der Waals surface area contributed by atoms with Crippen molar-refractivity contribution in [3.63, 3.8) is 0 Å². The number of nitrogens with zero attached hydrogens (tertiary/aromatic N) is 6. The monoisotopic (exact) mass is 566 g/mol. The predicted octanol–water partition coefficient (Wildman–Crippen LogP) is 4.44. The van der Waals surface area contributed by atoms with Gasteiger partial charge in [-0.3, -0.25) is 9.36 Å². The topological polar surface area (TPSA) is 114 Å². The van der Waals surface area contributed by atoms with Crippen molar-refractivity contribution in [2.75, 3.05) is 36.0 Å². The summed E-state index contributed by atoms with van der Waals surface area (Å²) in [5.41, 5.74) is -0.0521. The molecule has 0 spiro atoms. The maximum Gasteiger partial charge on any atom is 0.341 e. The molecule has 200 valence electrons. The normalized spacial score (nSPS) is 16.9. The van der Waals surface area contributed by atoms with Gasteiger partial charge in [-0.2, -0.15) is 0 Å². The van der Waals surface area contributed by atoms with Crippen molar-refractivity contribution in [3.8, 4) is 11.6 Å². The van der Waals surface area contributed by atoms with E-state index in [9.17, 15) is 14.7 Å². The molecule has 0 amide bonds. The van der Waals surface area contributed by atoms with Crippen LogP contribution in [-0.2, 0) is 0 Å². The zero-order valence-electron chi connectivity index (χ0n) is 20.8. The van der Waals surface area contributed by atoms with Crippen LogP contribution in [0.25, 0.3) is 16.7 Å². The second kappa shape index (κ2) is 10.3. The quantitative estimate of drug-likeness (QED) is 0.346. The summed E-state index contributed by atoms with van der Waals surface area (Å²) in [7, 11) is 0. The van der Waals surface area contributed by atoms with E-state index in [1.807, 2.05) is 6.07 Å². The number of anilines is 2. The highest BCUT2D eigenvalue weighted by Gasteiger charge is 2.30. The minimum Gasteiger partial charge on any atom is -0.477 e. The molecule has 1 atom stereocenters. The second-order valence-electron chi connectivity index (χ2n) is 9.52. The number of carboxylic acid groups (broad SMARTS) is 1. The number of carboxylic acids is 1. The molecule has 0 aliphatic carbocycles. The van der Waals surface area contributed by atoms with Crippen LogP contribution in [0.4, 0.5) is 11.6 Å². The number of hydrogen-bond acceptors (Lipinski definition) is 8. The van der Waals surface area contributed by atoms with Crippen LogP contribution in [0.15, 0.2) is 53.7 Å². The first-order chi connectivity index (χ1) is 18.9. The minimum atomic E-state index is -1.32. The summed E-state index contributed by atoms with van der Waals surface area (Å²) in [6, 6.07) is 8.54. The van der Waals surface area contributed by atoms with Crippen LogP contribution >= 0.6 is 23.2 Å². The summed E-state index contributed by atoms with van der Waals surface area (Å²) in [5, 5.41) is 10.6. The Morgan fingerprint density at radius 1 is 1.08 bits per heavy atom. The Morgan fingerprint density at radius 3 is 2.67 bits per heavy atom. The van der Waals surface area contributed by atoms with Crippen LogP contribution in [-0.4, -0.2) is 62.9 Å². The number of aromatic nitrogens is 4. The molecule has 39 heavy (non-hydrogen) atoms. The molecule has 0 unspecified atom stereocenters. The van der Waals surface area contributed by atoms with Gasteiger partial charge in [0.15, 0.2) is 5.65 Å². The van der Waals surface area contributed by atoms with Gasteiger partial charge in [-0.1, -0.05) is 23.2 Å². The summed E-state index contributed by atoms with van der Waals surface area (Å²) in [6.45, 7) is 2.82. The van der Waals surface area contributed by atoms with Crippen molar-refractivity contribution < 1.29 is 14.6 Å². The number of fused-ring (bicyclic) bond motifs is 1. The molecule has 2 aliphatic rings. The maximum absolute atomic E-state index is 13.2. The number of aromatic carboxylic acids is 1. The molecule has 10 nitrogen and oxygen atoms in total. The Kier molecular flexibility index (Phi) is 6.74. The van der Waals surface area contributed by atoms with E-state index in [0.29, 0.717) is 41.2 Å². The third-order valence-electron chi connectivity index (χ3n) is 7.12. The summed E-state index contributed by atoms with van der Waals surface area (Å²) < 4.78 is 7.54. The Labute approximate surface area is 233 Å². The fourth-order valence-electron chi connectivity index (χ4n) is 4.98. The fraction of sp³-hybridized carbons (Fsp3) is 0.296. The molecule has 6 heterocycles. The van der Waals surface area contributed by atoms with E-state index in [0.717, 1.165) is 38.2 Å². The number of ether oxygens (including phenoxy) is 1. The molecule has 0 radical (unpaired) electrons. The third-order valence-corrected chi connectivity index (χ3v) is 7.68. The first-order valence-electron chi connectivity index (χ1n) is 12.6. The summed E-state index contributed by atoms with van der Waals surface area (Å²) in [5.74, 6) is 0.310. The van der Waals surface area contributed by atoms with Gasteiger partial charge in [0, 0.05) is 44.3 Å². The number of hydrogen-bond donors (Lipinski definition) is 1. The van der Waals surface area contributed by atoms with Crippen molar-refractivity contribution in [2.45, 2.75) is 25.3 Å². The largest absolute Gasteiger partial charge is 0.477 e. The molecule has 0 saturated carbocycles. The molecule has 6 rings (SSSR count). The molecule has 4 aromatic heterocycles. The third kappa shape index (κ3) is 4.74. The maximum atomic E-state index is 13.2. The van der Waals surface area contributed by atoms with Crippen LogP contribution in [0.3, 0.4) is 0 Å². The lowest BCUT2D eigenvalue weighted by Crippen LogP contribution is -2.37. The van der Waals surface area contributed by atoms with E-state index in [1.165, 1.54) is 12.3 Å². The van der Waals surface area contributed by atoms with Gasteiger partial charge in [-0.05, 0) is 43.5 Å². The van der Waals surface area contributed by atoms with E-state index in [4.69, 9.17) is 32.9 Å². The molecule has 0 aromatic carbocycles. The van der Waals surface area contributed by atoms with E-state index < -0.39 is 11.4 Å². The smallest absolute Gasteiger partial charge is 0.341 e. The summed E-state index contributed by atoms with van der Waals surface area (Å²) >= 11 is 12.9. The van der Waals surface area contributed by atoms with Crippen LogP contribution in [0.1, 0.15) is 29.6 Å². The van der Waals surface area contributed by atoms with Crippen molar-refractivity contribution in [1.29, 1.82) is 0 Å². The molecule has 4 aromatic rings. The zero-order chi connectivity index (χ0) is 27.1. The van der Waals surface area contributed by atoms with Crippen molar-refractivity contribution in [1.82, 2.24) is 19.5 Å². The Balaban J connectivity index is 1.43.